The molecule has 4 N–H and O–H groups in total. The topological polar surface area (TPSA) is 109 Å². The Morgan fingerprint density at radius 2 is 2.00 bits per heavy atom. The number of hydrogen-bond acceptors (Lipinski definition) is 4. The fourth-order valence-corrected chi connectivity index (χ4v) is 1.45. The first kappa shape index (κ1) is 13.8. The molecule has 0 saturated carbocycles. The number of aliphatic carboxylic acids is 1. The predicted molar refractivity (Wildman–Crippen MR) is 56.4 cm³/mol. The Bertz CT molecular complexity index is 257. The Kier molecular flexibility index (Phi) is 6.52. The van der Waals surface area contributed by atoms with Gasteiger partial charge in [0.2, 0.25) is 11.8 Å². The molecule has 0 aliphatic heterocycles. The van der Waals surface area contributed by atoms with Crippen molar-refractivity contribution in [3.63, 3.8) is 0 Å². The van der Waals surface area contributed by atoms with E-state index in [1.54, 1.807) is 6.92 Å². The molecule has 7 heteroatoms. The number of hydrogen-bond donors (Lipinski definition) is 3. The van der Waals surface area contributed by atoms with Gasteiger partial charge in [0.15, 0.2) is 0 Å². The van der Waals surface area contributed by atoms with Gasteiger partial charge in [-0.25, -0.2) is 0 Å². The van der Waals surface area contributed by atoms with Crippen molar-refractivity contribution in [2.24, 2.45) is 5.73 Å². The summed E-state index contributed by atoms with van der Waals surface area (Å²) in [4.78, 5) is 31.8. The van der Waals surface area contributed by atoms with Crippen LogP contribution in [0.4, 0.5) is 0 Å². The van der Waals surface area contributed by atoms with Crippen molar-refractivity contribution in [1.29, 1.82) is 0 Å². The lowest BCUT2D eigenvalue weighted by Crippen LogP contribution is -2.36. The molecule has 0 aromatic rings. The third-order valence-corrected chi connectivity index (χ3v) is 2.29. The lowest BCUT2D eigenvalue weighted by Gasteiger charge is -2.11. The second kappa shape index (κ2) is 7.10. The first-order chi connectivity index (χ1) is 6.91. The van der Waals surface area contributed by atoms with E-state index in [-0.39, 0.29) is 29.9 Å². The summed E-state index contributed by atoms with van der Waals surface area (Å²) in [6.45, 7) is 1.66. The van der Waals surface area contributed by atoms with Gasteiger partial charge in [0.05, 0.1) is 11.5 Å². The molecule has 0 heterocycles. The molecule has 0 rings (SSSR count). The van der Waals surface area contributed by atoms with Crippen molar-refractivity contribution in [1.82, 2.24) is 5.32 Å². The number of amides is 2. The first-order valence-electron chi connectivity index (χ1n) is 4.29. The molecule has 1 unspecified atom stereocenters. The maximum atomic E-state index is 11.1. The van der Waals surface area contributed by atoms with Gasteiger partial charge in [-0.15, -0.1) is 11.8 Å². The van der Waals surface area contributed by atoms with Crippen molar-refractivity contribution in [3.8, 4) is 0 Å². The average molecular weight is 234 g/mol. The van der Waals surface area contributed by atoms with Crippen molar-refractivity contribution >= 4 is 29.5 Å². The maximum absolute atomic E-state index is 11.1. The summed E-state index contributed by atoms with van der Waals surface area (Å²) in [5.41, 5.74) is 4.94. The minimum Gasteiger partial charge on any atom is -0.481 e. The normalized spacial score (nSPS) is 11.8. The van der Waals surface area contributed by atoms with E-state index in [2.05, 4.69) is 5.32 Å². The van der Waals surface area contributed by atoms with Crippen molar-refractivity contribution in [2.75, 3.05) is 11.5 Å². The van der Waals surface area contributed by atoms with Crippen LogP contribution in [0.3, 0.4) is 0 Å². The van der Waals surface area contributed by atoms with E-state index in [1.807, 2.05) is 0 Å². The van der Waals surface area contributed by atoms with Gasteiger partial charge in [-0.1, -0.05) is 0 Å². The van der Waals surface area contributed by atoms with Crippen LogP contribution in [-0.2, 0) is 14.4 Å². The number of carboxylic acid groups (broad SMARTS) is 1. The average Bonchev–Trinajstić information content (AvgIpc) is 2.00. The molecule has 0 saturated heterocycles. The van der Waals surface area contributed by atoms with Gasteiger partial charge in [0.25, 0.3) is 0 Å². The summed E-state index contributed by atoms with van der Waals surface area (Å²) in [5.74, 6) is -1.79. The number of nitrogens with one attached hydrogen (secondary N) is 1. The number of rotatable bonds is 7. The van der Waals surface area contributed by atoms with E-state index in [1.165, 1.54) is 0 Å². The summed E-state index contributed by atoms with van der Waals surface area (Å²) in [6.07, 6.45) is 0.0787. The van der Waals surface area contributed by atoms with Crippen LogP contribution in [0.25, 0.3) is 0 Å². The number of nitrogens with two attached hydrogens (primary N) is 1. The van der Waals surface area contributed by atoms with Crippen LogP contribution in [0.2, 0.25) is 0 Å². The van der Waals surface area contributed by atoms with Crippen LogP contribution in [0.1, 0.15) is 13.3 Å². The lowest BCUT2D eigenvalue weighted by atomic mass is 10.2. The van der Waals surface area contributed by atoms with Crippen LogP contribution < -0.4 is 11.1 Å². The molecule has 0 spiro atoms. The van der Waals surface area contributed by atoms with Gasteiger partial charge in [0.1, 0.15) is 0 Å². The Labute approximate surface area is 91.6 Å². The largest absolute Gasteiger partial charge is 0.481 e. The van der Waals surface area contributed by atoms with Crippen LogP contribution in [0.5, 0.6) is 0 Å². The molecule has 0 fully saturated rings. The molecular formula is C8H14N2O4S. The number of thioether (sulfide) groups is 1. The van der Waals surface area contributed by atoms with E-state index >= 15 is 0 Å². The number of carbonyl (C=O) groups excluding carboxylic acids is 2. The zero-order valence-corrected chi connectivity index (χ0v) is 9.17. The summed E-state index contributed by atoms with van der Waals surface area (Å²) in [5, 5.41) is 10.8. The summed E-state index contributed by atoms with van der Waals surface area (Å²) in [7, 11) is 0. The zero-order chi connectivity index (χ0) is 11.8. The number of carbonyl (C=O) groups is 3. The zero-order valence-electron chi connectivity index (χ0n) is 8.36. The molecule has 1 atom stereocenters. The second-order valence-corrected chi connectivity index (χ2v) is 4.01. The van der Waals surface area contributed by atoms with Gasteiger partial charge in [-0.2, -0.15) is 0 Å². The molecule has 0 radical (unpaired) electrons. The molecule has 6 nitrogen and oxygen atoms in total. The molecule has 0 aliphatic rings. The van der Waals surface area contributed by atoms with E-state index < -0.39 is 11.9 Å². The quantitative estimate of drug-likeness (QED) is 0.533. The second-order valence-electron chi connectivity index (χ2n) is 3.03. The molecule has 2 amide bonds. The van der Waals surface area contributed by atoms with Crippen molar-refractivity contribution in [2.45, 2.75) is 19.4 Å². The highest BCUT2D eigenvalue weighted by Gasteiger charge is 2.10. The number of primary amides is 1. The fraction of sp³-hybridized carbons (Fsp3) is 0.625. The monoisotopic (exact) mass is 234 g/mol. The van der Waals surface area contributed by atoms with E-state index in [0.717, 1.165) is 11.8 Å². The minimum atomic E-state index is -0.960. The van der Waals surface area contributed by atoms with Crippen LogP contribution >= 0.6 is 11.8 Å². The Hall–Kier alpha value is -1.24. The Morgan fingerprint density at radius 3 is 2.47 bits per heavy atom. The third-order valence-electron chi connectivity index (χ3n) is 1.37. The highest BCUT2D eigenvalue weighted by atomic mass is 32.2. The van der Waals surface area contributed by atoms with Gasteiger partial charge >= 0.3 is 5.97 Å². The lowest BCUT2D eigenvalue weighted by molar-refractivity contribution is -0.134. The minimum absolute atomic E-state index is 0.0649. The molecule has 0 aromatic carbocycles. The highest BCUT2D eigenvalue weighted by Crippen LogP contribution is 1.99. The summed E-state index contributed by atoms with van der Waals surface area (Å²) < 4.78 is 0. The SMILES string of the molecule is CC(CC(N)=O)NC(=O)CSCC(=O)O. The Balaban J connectivity index is 3.64. The van der Waals surface area contributed by atoms with Gasteiger partial charge in [-0.05, 0) is 6.92 Å². The highest BCUT2D eigenvalue weighted by molar-refractivity contribution is 8.00. The molecular weight excluding hydrogens is 220 g/mol. The Morgan fingerprint density at radius 1 is 1.40 bits per heavy atom. The maximum Gasteiger partial charge on any atom is 0.313 e. The summed E-state index contributed by atoms with van der Waals surface area (Å²) >= 11 is 1.00. The molecule has 0 aromatic heterocycles. The smallest absolute Gasteiger partial charge is 0.313 e. The third kappa shape index (κ3) is 9.07. The van der Waals surface area contributed by atoms with Crippen LogP contribution in [0.15, 0.2) is 0 Å². The molecule has 0 aliphatic carbocycles. The molecule has 86 valence electrons. The van der Waals surface area contributed by atoms with Gasteiger partial charge in [-0.3, -0.25) is 14.4 Å². The first-order valence-corrected chi connectivity index (χ1v) is 5.44. The fourth-order valence-electron chi connectivity index (χ4n) is 0.900. The van der Waals surface area contributed by atoms with E-state index in [0.29, 0.717) is 0 Å². The standard InChI is InChI=1S/C8H14N2O4S/c1-5(2-6(9)11)10-7(12)3-15-4-8(13)14/h5H,2-4H2,1H3,(H2,9,11)(H,10,12)(H,13,14). The van der Waals surface area contributed by atoms with Crippen LogP contribution in [0, 0.1) is 0 Å². The molecule has 0 bridgehead atoms. The van der Waals surface area contributed by atoms with E-state index in [9.17, 15) is 14.4 Å². The van der Waals surface area contributed by atoms with Crippen molar-refractivity contribution < 1.29 is 19.5 Å². The van der Waals surface area contributed by atoms with E-state index in [4.69, 9.17) is 10.8 Å². The van der Waals surface area contributed by atoms with Crippen molar-refractivity contribution in [3.05, 3.63) is 0 Å². The van der Waals surface area contributed by atoms with Crippen LogP contribution in [-0.4, -0.2) is 40.4 Å². The predicted octanol–water partition coefficient (Wildman–Crippen LogP) is -0.816. The molecule has 15 heavy (non-hydrogen) atoms. The number of carboxylic acids is 1. The summed E-state index contributed by atoms with van der Waals surface area (Å²) in [6, 6.07) is -0.319. The van der Waals surface area contributed by atoms with Gasteiger partial charge < -0.3 is 16.2 Å². The van der Waals surface area contributed by atoms with Gasteiger partial charge in [0, 0.05) is 12.5 Å².